The lowest BCUT2D eigenvalue weighted by Gasteiger charge is -2.25. The number of H-pyrrole nitrogens is 1. The molecule has 0 saturated carbocycles. The van der Waals surface area contributed by atoms with Crippen LogP contribution in [-0.2, 0) is 0 Å². The smallest absolute Gasteiger partial charge is 0.244 e. The van der Waals surface area contributed by atoms with E-state index in [1.54, 1.807) is 7.11 Å². The van der Waals surface area contributed by atoms with Gasteiger partial charge in [-0.05, 0) is 13.0 Å². The molecule has 0 spiro atoms. The maximum Gasteiger partial charge on any atom is 0.244 e. The molecule has 1 atom stereocenters. The number of fused-ring (bicyclic) bond motifs is 1. The number of para-hydroxylation sites is 1. The molecular formula is C21H18N4O2. The first-order valence-corrected chi connectivity index (χ1v) is 8.49. The van der Waals surface area contributed by atoms with Crippen molar-refractivity contribution in [2.45, 2.75) is 12.8 Å². The highest BCUT2D eigenvalue weighted by atomic mass is 16.5. The highest BCUT2D eigenvalue weighted by molar-refractivity contribution is 5.71. The first-order valence-electron chi connectivity index (χ1n) is 8.49. The van der Waals surface area contributed by atoms with Crippen LogP contribution in [0, 0.1) is 18.3 Å². The number of hydrogen-bond donors (Lipinski definition) is 2. The Hall–Kier alpha value is -3.72. The van der Waals surface area contributed by atoms with Crippen LogP contribution < -0.4 is 15.2 Å². The van der Waals surface area contributed by atoms with Crippen LogP contribution in [0.15, 0.2) is 60.0 Å². The first kappa shape index (κ1) is 16.7. The fraction of sp³-hybridized carbons (Fsp3) is 0.143. The van der Waals surface area contributed by atoms with E-state index >= 15 is 0 Å². The molecule has 1 aliphatic rings. The number of ether oxygens (including phenoxy) is 2. The standard InChI is InChI=1S/C21H18N4O2/c1-12-7-9-13(10-8-12)19-18-17(14-5-3-4-6-16(14)26-2)15(11-22)20(23)27-21(18)25-24-19/h3-10,17H,23H2,1-2H3,(H,24,25). The van der Waals surface area contributed by atoms with Gasteiger partial charge < -0.3 is 15.2 Å². The van der Waals surface area contributed by atoms with Gasteiger partial charge in [0.25, 0.3) is 0 Å². The molecule has 0 bridgehead atoms. The quantitative estimate of drug-likeness (QED) is 0.745. The molecule has 1 aromatic heterocycles. The average molecular weight is 358 g/mol. The van der Waals surface area contributed by atoms with Gasteiger partial charge in [-0.2, -0.15) is 5.26 Å². The van der Waals surface area contributed by atoms with Gasteiger partial charge in [-0.3, -0.25) is 5.10 Å². The van der Waals surface area contributed by atoms with Gasteiger partial charge in [0.2, 0.25) is 11.8 Å². The van der Waals surface area contributed by atoms with Crippen molar-refractivity contribution >= 4 is 0 Å². The summed E-state index contributed by atoms with van der Waals surface area (Å²) in [6.07, 6.45) is 0. The third-order valence-corrected chi connectivity index (χ3v) is 4.73. The van der Waals surface area contributed by atoms with Crippen molar-refractivity contribution in [2.75, 3.05) is 7.11 Å². The summed E-state index contributed by atoms with van der Waals surface area (Å²) in [5, 5.41) is 17.1. The molecular weight excluding hydrogens is 340 g/mol. The molecule has 1 aliphatic heterocycles. The number of allylic oxidation sites excluding steroid dienone is 1. The van der Waals surface area contributed by atoms with Crippen LogP contribution in [0.4, 0.5) is 0 Å². The van der Waals surface area contributed by atoms with E-state index in [0.717, 1.165) is 27.9 Å². The molecule has 0 fully saturated rings. The molecule has 4 rings (SSSR count). The van der Waals surface area contributed by atoms with Crippen LogP contribution in [-0.4, -0.2) is 17.3 Å². The van der Waals surface area contributed by atoms with E-state index in [2.05, 4.69) is 16.3 Å². The van der Waals surface area contributed by atoms with Gasteiger partial charge in [0.15, 0.2) is 0 Å². The Morgan fingerprint density at radius 2 is 1.93 bits per heavy atom. The fourth-order valence-electron chi connectivity index (χ4n) is 3.40. The number of nitrogens with zero attached hydrogens (tertiary/aromatic N) is 2. The maximum absolute atomic E-state index is 9.78. The Labute approximate surface area is 156 Å². The Morgan fingerprint density at radius 1 is 1.19 bits per heavy atom. The molecule has 3 N–H and O–H groups in total. The van der Waals surface area contributed by atoms with Crippen LogP contribution in [0.2, 0.25) is 0 Å². The molecule has 0 saturated heterocycles. The van der Waals surface area contributed by atoms with Crippen LogP contribution in [0.5, 0.6) is 11.6 Å². The van der Waals surface area contributed by atoms with Crippen molar-refractivity contribution in [1.29, 1.82) is 5.26 Å². The van der Waals surface area contributed by atoms with Gasteiger partial charge >= 0.3 is 0 Å². The lowest BCUT2D eigenvalue weighted by Crippen LogP contribution is -2.21. The van der Waals surface area contributed by atoms with Gasteiger partial charge in [0, 0.05) is 11.1 Å². The summed E-state index contributed by atoms with van der Waals surface area (Å²) in [5.74, 6) is 0.665. The number of aromatic nitrogens is 2. The predicted molar refractivity (Wildman–Crippen MR) is 101 cm³/mol. The molecule has 3 aromatic rings. The zero-order valence-corrected chi connectivity index (χ0v) is 15.0. The lowest BCUT2D eigenvalue weighted by molar-refractivity contribution is 0.375. The summed E-state index contributed by atoms with van der Waals surface area (Å²) in [4.78, 5) is 0. The van der Waals surface area contributed by atoms with E-state index in [9.17, 15) is 5.26 Å². The van der Waals surface area contributed by atoms with Crippen molar-refractivity contribution in [3.8, 4) is 29.0 Å². The normalized spacial score (nSPS) is 15.7. The number of nitrogens with one attached hydrogen (secondary N) is 1. The molecule has 2 heterocycles. The number of nitriles is 1. The summed E-state index contributed by atoms with van der Waals surface area (Å²) in [7, 11) is 1.61. The minimum Gasteiger partial charge on any atom is -0.496 e. The van der Waals surface area contributed by atoms with E-state index in [4.69, 9.17) is 15.2 Å². The molecule has 1 unspecified atom stereocenters. The molecule has 0 radical (unpaired) electrons. The minimum atomic E-state index is -0.440. The topological polar surface area (TPSA) is 96.9 Å². The number of aromatic amines is 1. The zero-order valence-electron chi connectivity index (χ0n) is 15.0. The Bertz CT molecular complexity index is 1070. The number of rotatable bonds is 3. The molecule has 134 valence electrons. The van der Waals surface area contributed by atoms with Gasteiger partial charge in [-0.1, -0.05) is 48.0 Å². The van der Waals surface area contributed by atoms with Crippen molar-refractivity contribution in [3.63, 3.8) is 0 Å². The van der Waals surface area contributed by atoms with E-state index in [-0.39, 0.29) is 5.88 Å². The largest absolute Gasteiger partial charge is 0.496 e. The van der Waals surface area contributed by atoms with Crippen LogP contribution in [0.3, 0.4) is 0 Å². The molecule has 0 amide bonds. The van der Waals surface area contributed by atoms with Crippen molar-refractivity contribution in [3.05, 3.63) is 76.7 Å². The number of nitrogens with two attached hydrogens (primary N) is 1. The SMILES string of the molecule is COc1ccccc1C1C(C#N)=C(N)Oc2n[nH]c(-c3ccc(C)cc3)c21. The Kier molecular flexibility index (Phi) is 4.05. The van der Waals surface area contributed by atoms with Crippen molar-refractivity contribution in [2.24, 2.45) is 5.73 Å². The number of hydrogen-bond acceptors (Lipinski definition) is 5. The first-order chi connectivity index (χ1) is 13.1. The van der Waals surface area contributed by atoms with Gasteiger partial charge in [-0.15, -0.1) is 5.10 Å². The second kappa shape index (κ2) is 6.54. The van der Waals surface area contributed by atoms with Gasteiger partial charge in [-0.25, -0.2) is 0 Å². The second-order valence-electron chi connectivity index (χ2n) is 6.35. The predicted octanol–water partition coefficient (Wildman–Crippen LogP) is 3.61. The van der Waals surface area contributed by atoms with Crippen LogP contribution >= 0.6 is 0 Å². The monoisotopic (exact) mass is 358 g/mol. The third-order valence-electron chi connectivity index (χ3n) is 4.73. The lowest BCUT2D eigenvalue weighted by atomic mass is 9.82. The highest BCUT2D eigenvalue weighted by Crippen LogP contribution is 2.47. The summed E-state index contributed by atoms with van der Waals surface area (Å²) in [6, 6.07) is 17.9. The third kappa shape index (κ3) is 2.70. The fourth-order valence-corrected chi connectivity index (χ4v) is 3.40. The average Bonchev–Trinajstić information content (AvgIpc) is 3.10. The van der Waals surface area contributed by atoms with E-state index < -0.39 is 5.92 Å². The van der Waals surface area contributed by atoms with Crippen molar-refractivity contribution < 1.29 is 9.47 Å². The molecule has 2 aromatic carbocycles. The van der Waals surface area contributed by atoms with E-state index in [1.807, 2.05) is 55.5 Å². The Balaban J connectivity index is 1.97. The number of aryl methyl sites for hydroxylation is 1. The van der Waals surface area contributed by atoms with E-state index in [1.165, 1.54) is 0 Å². The summed E-state index contributed by atoms with van der Waals surface area (Å²) < 4.78 is 11.2. The number of methoxy groups -OCH3 is 1. The summed E-state index contributed by atoms with van der Waals surface area (Å²) in [5.41, 5.74) is 10.9. The van der Waals surface area contributed by atoms with Crippen molar-refractivity contribution in [1.82, 2.24) is 10.2 Å². The van der Waals surface area contributed by atoms with E-state index in [0.29, 0.717) is 17.2 Å². The zero-order chi connectivity index (χ0) is 19.0. The van der Waals surface area contributed by atoms with Crippen LogP contribution in [0.25, 0.3) is 11.3 Å². The summed E-state index contributed by atoms with van der Waals surface area (Å²) in [6.45, 7) is 2.03. The van der Waals surface area contributed by atoms with Gasteiger partial charge in [0.1, 0.15) is 17.4 Å². The van der Waals surface area contributed by atoms with Crippen LogP contribution in [0.1, 0.15) is 22.6 Å². The number of benzene rings is 2. The second-order valence-corrected chi connectivity index (χ2v) is 6.35. The molecule has 0 aliphatic carbocycles. The molecule has 6 nitrogen and oxygen atoms in total. The highest BCUT2D eigenvalue weighted by Gasteiger charge is 2.36. The molecule has 27 heavy (non-hydrogen) atoms. The minimum absolute atomic E-state index is 0.0582. The Morgan fingerprint density at radius 3 is 2.63 bits per heavy atom. The maximum atomic E-state index is 9.78. The van der Waals surface area contributed by atoms with Gasteiger partial charge in [0.05, 0.1) is 24.3 Å². The summed E-state index contributed by atoms with van der Waals surface area (Å²) >= 11 is 0. The molecule has 6 heteroatoms.